The molecular weight excluding hydrogens is 342 g/mol. The van der Waals surface area contributed by atoms with Crippen LogP contribution in [0.2, 0.25) is 0 Å². The standard InChI is InChI=1S/C23H50NO.ClH/c1-6-9-11-12-13-14-15-16-17-18-20-24(4,5)22-25-21-23(8-3)19-10-7-2;/h23H,6-22H2,1-5H3;1H/q+1;/p-1. The average molecular weight is 392 g/mol. The highest BCUT2D eigenvalue weighted by atomic mass is 35.5. The first kappa shape index (κ1) is 28.4. The molecule has 0 amide bonds. The van der Waals surface area contributed by atoms with E-state index in [4.69, 9.17) is 4.74 Å². The maximum absolute atomic E-state index is 6.06. The first-order valence-corrected chi connectivity index (χ1v) is 11.5. The molecule has 0 aromatic heterocycles. The van der Waals surface area contributed by atoms with Gasteiger partial charge in [-0.25, -0.2) is 0 Å². The SMILES string of the molecule is CCCCCCCCCCCC[N+](C)(C)COCC(CC)CCCC.[Cl-]. The lowest BCUT2D eigenvalue weighted by Gasteiger charge is -2.30. The molecule has 2 nitrogen and oxygen atoms in total. The second-order valence-corrected chi connectivity index (χ2v) is 8.76. The Labute approximate surface area is 172 Å². The highest BCUT2D eigenvalue weighted by Gasteiger charge is 2.15. The Kier molecular flexibility index (Phi) is 21.8. The van der Waals surface area contributed by atoms with Crippen molar-refractivity contribution in [1.82, 2.24) is 0 Å². The van der Waals surface area contributed by atoms with Crippen molar-refractivity contribution in [2.75, 3.05) is 34.0 Å². The number of nitrogens with zero attached hydrogens (tertiary/aromatic N) is 1. The Balaban J connectivity index is 0. The molecule has 3 heteroatoms. The van der Waals surface area contributed by atoms with Gasteiger partial charge in [-0.2, -0.15) is 0 Å². The van der Waals surface area contributed by atoms with Crippen LogP contribution in [-0.4, -0.2) is 38.5 Å². The van der Waals surface area contributed by atoms with Gasteiger partial charge < -0.3 is 21.6 Å². The zero-order chi connectivity index (χ0) is 18.8. The van der Waals surface area contributed by atoms with Gasteiger partial charge in [0.2, 0.25) is 0 Å². The van der Waals surface area contributed by atoms with Gasteiger partial charge in [0.1, 0.15) is 0 Å². The van der Waals surface area contributed by atoms with Crippen molar-refractivity contribution in [3.63, 3.8) is 0 Å². The number of hydrogen-bond acceptors (Lipinski definition) is 1. The molecule has 0 N–H and O–H groups in total. The normalized spacial score (nSPS) is 12.8. The fraction of sp³-hybridized carbons (Fsp3) is 1.00. The van der Waals surface area contributed by atoms with E-state index in [9.17, 15) is 0 Å². The zero-order valence-electron chi connectivity index (χ0n) is 18.8. The second kappa shape index (κ2) is 20.0. The van der Waals surface area contributed by atoms with Gasteiger partial charge >= 0.3 is 0 Å². The fourth-order valence-corrected chi connectivity index (χ4v) is 3.46. The van der Waals surface area contributed by atoms with Crippen molar-refractivity contribution in [3.05, 3.63) is 0 Å². The number of quaternary nitrogens is 1. The van der Waals surface area contributed by atoms with E-state index >= 15 is 0 Å². The molecule has 0 aromatic rings. The van der Waals surface area contributed by atoms with Crippen molar-refractivity contribution >= 4 is 0 Å². The van der Waals surface area contributed by atoms with Gasteiger partial charge in [0.05, 0.1) is 27.2 Å². The summed E-state index contributed by atoms with van der Waals surface area (Å²) in [6.45, 7) is 9.95. The average Bonchev–Trinajstić information content (AvgIpc) is 2.59. The van der Waals surface area contributed by atoms with Gasteiger partial charge in [0, 0.05) is 0 Å². The minimum absolute atomic E-state index is 0. The van der Waals surface area contributed by atoms with Gasteiger partial charge in [0.15, 0.2) is 6.73 Å². The van der Waals surface area contributed by atoms with Crippen LogP contribution in [0.4, 0.5) is 0 Å². The third-order valence-corrected chi connectivity index (χ3v) is 5.45. The molecule has 0 aliphatic heterocycles. The summed E-state index contributed by atoms with van der Waals surface area (Å²) < 4.78 is 7.08. The lowest BCUT2D eigenvalue weighted by molar-refractivity contribution is -0.910. The Morgan fingerprint density at radius 3 is 1.69 bits per heavy atom. The van der Waals surface area contributed by atoms with Crippen LogP contribution >= 0.6 is 0 Å². The summed E-state index contributed by atoms with van der Waals surface area (Å²) in [6, 6.07) is 0. The molecule has 0 rings (SSSR count). The van der Waals surface area contributed by atoms with Gasteiger partial charge in [-0.05, 0) is 25.2 Å². The number of halogens is 1. The Hall–Kier alpha value is 0.210. The van der Waals surface area contributed by atoms with Crippen LogP contribution in [-0.2, 0) is 4.74 Å². The van der Waals surface area contributed by atoms with Crippen molar-refractivity contribution in [2.24, 2.45) is 5.92 Å². The van der Waals surface area contributed by atoms with Crippen LogP contribution in [0.5, 0.6) is 0 Å². The maximum Gasteiger partial charge on any atom is 0.182 e. The number of rotatable bonds is 19. The molecule has 0 saturated heterocycles. The predicted molar refractivity (Wildman–Crippen MR) is 113 cm³/mol. The van der Waals surface area contributed by atoms with Crippen LogP contribution in [0.1, 0.15) is 111 Å². The summed E-state index contributed by atoms with van der Waals surface area (Å²) in [4.78, 5) is 0. The van der Waals surface area contributed by atoms with Crippen LogP contribution < -0.4 is 12.4 Å². The molecule has 0 saturated carbocycles. The molecule has 1 unspecified atom stereocenters. The van der Waals surface area contributed by atoms with E-state index < -0.39 is 0 Å². The summed E-state index contributed by atoms with van der Waals surface area (Å²) in [5.41, 5.74) is 0. The van der Waals surface area contributed by atoms with E-state index in [0.717, 1.165) is 23.7 Å². The van der Waals surface area contributed by atoms with E-state index in [1.54, 1.807) is 0 Å². The largest absolute Gasteiger partial charge is 1.00 e. The molecule has 0 spiro atoms. The molecule has 0 radical (unpaired) electrons. The van der Waals surface area contributed by atoms with E-state index in [0.29, 0.717) is 0 Å². The zero-order valence-corrected chi connectivity index (χ0v) is 19.6. The third kappa shape index (κ3) is 19.0. The predicted octanol–water partition coefficient (Wildman–Crippen LogP) is 4.18. The minimum Gasteiger partial charge on any atom is -1.00 e. The van der Waals surface area contributed by atoms with Crippen molar-refractivity contribution in [1.29, 1.82) is 0 Å². The van der Waals surface area contributed by atoms with Crippen LogP contribution in [0, 0.1) is 5.92 Å². The number of unbranched alkanes of at least 4 members (excludes halogenated alkanes) is 10. The lowest BCUT2D eigenvalue weighted by Crippen LogP contribution is -3.00. The summed E-state index contributed by atoms with van der Waals surface area (Å²) in [7, 11) is 4.64. The lowest BCUT2D eigenvalue weighted by atomic mass is 10.0. The van der Waals surface area contributed by atoms with E-state index in [1.165, 1.54) is 96.4 Å². The molecule has 0 fully saturated rings. The third-order valence-electron chi connectivity index (χ3n) is 5.45. The topological polar surface area (TPSA) is 9.23 Å². The van der Waals surface area contributed by atoms with Crippen molar-refractivity contribution in [2.45, 2.75) is 111 Å². The minimum atomic E-state index is 0. The van der Waals surface area contributed by atoms with Crippen molar-refractivity contribution in [3.8, 4) is 0 Å². The summed E-state index contributed by atoms with van der Waals surface area (Å²) in [5.74, 6) is 0.761. The quantitative estimate of drug-likeness (QED) is 0.182. The first-order valence-electron chi connectivity index (χ1n) is 11.5. The molecule has 0 heterocycles. The molecule has 0 bridgehead atoms. The number of ether oxygens (including phenoxy) is 1. The first-order chi connectivity index (χ1) is 12.1. The van der Waals surface area contributed by atoms with Crippen LogP contribution in [0.15, 0.2) is 0 Å². The molecular formula is C23H50ClNO. The molecule has 0 aromatic carbocycles. The van der Waals surface area contributed by atoms with Gasteiger partial charge in [-0.15, -0.1) is 0 Å². The molecule has 160 valence electrons. The molecule has 0 aliphatic rings. The highest BCUT2D eigenvalue weighted by molar-refractivity contribution is 4.55. The van der Waals surface area contributed by atoms with Gasteiger partial charge in [0.25, 0.3) is 0 Å². The summed E-state index contributed by atoms with van der Waals surface area (Å²) in [6.07, 6.45) is 19.4. The fourth-order valence-electron chi connectivity index (χ4n) is 3.46. The molecule has 0 aliphatic carbocycles. The highest BCUT2D eigenvalue weighted by Crippen LogP contribution is 2.14. The van der Waals surface area contributed by atoms with E-state index in [2.05, 4.69) is 34.9 Å². The van der Waals surface area contributed by atoms with Crippen LogP contribution in [0.3, 0.4) is 0 Å². The number of hydrogen-bond donors (Lipinski definition) is 0. The molecule has 1 atom stereocenters. The smallest absolute Gasteiger partial charge is 0.182 e. The van der Waals surface area contributed by atoms with Gasteiger partial charge in [-0.3, -0.25) is 0 Å². The monoisotopic (exact) mass is 391 g/mol. The summed E-state index contributed by atoms with van der Waals surface area (Å²) >= 11 is 0. The molecule has 26 heavy (non-hydrogen) atoms. The van der Waals surface area contributed by atoms with E-state index in [1.807, 2.05) is 0 Å². The van der Waals surface area contributed by atoms with Gasteiger partial charge in [-0.1, -0.05) is 91.4 Å². The second-order valence-electron chi connectivity index (χ2n) is 8.76. The maximum atomic E-state index is 6.06. The Bertz CT molecular complexity index is 271. The van der Waals surface area contributed by atoms with Crippen LogP contribution in [0.25, 0.3) is 0 Å². The Morgan fingerprint density at radius 2 is 1.19 bits per heavy atom. The Morgan fingerprint density at radius 1 is 0.692 bits per heavy atom. The van der Waals surface area contributed by atoms with Crippen molar-refractivity contribution < 1.29 is 21.6 Å². The van der Waals surface area contributed by atoms with E-state index in [-0.39, 0.29) is 12.4 Å². The summed E-state index contributed by atoms with van der Waals surface area (Å²) in [5, 5.41) is 0.